The van der Waals surface area contributed by atoms with Crippen molar-refractivity contribution in [1.82, 2.24) is 0 Å². The molecule has 0 aromatic carbocycles. The van der Waals surface area contributed by atoms with Crippen molar-refractivity contribution in [3.05, 3.63) is 36.5 Å². The summed E-state index contributed by atoms with van der Waals surface area (Å²) in [6.45, 7) is 12.2. The van der Waals surface area contributed by atoms with Gasteiger partial charge in [-0.2, -0.15) is 0 Å². The summed E-state index contributed by atoms with van der Waals surface area (Å²) in [7, 11) is 2.95. The van der Waals surface area contributed by atoms with Crippen molar-refractivity contribution in [2.24, 2.45) is 23.7 Å². The van der Waals surface area contributed by atoms with Crippen LogP contribution in [0.2, 0.25) is 0 Å². The maximum absolute atomic E-state index is 13.1. The van der Waals surface area contributed by atoms with Crippen LogP contribution in [0.5, 0.6) is 0 Å². The smallest absolute Gasteiger partial charge is 0.330 e. The molecule has 4 N–H and O–H groups in total. The van der Waals surface area contributed by atoms with Crippen LogP contribution < -0.4 is 0 Å². The fourth-order valence-electron chi connectivity index (χ4n) is 6.80. The zero-order valence-corrected chi connectivity index (χ0v) is 30.2. The molecule has 16 atom stereocenters. The Morgan fingerprint density at radius 3 is 2.20 bits per heavy atom. The molecule has 16 unspecified atom stereocenters. The molecule has 0 amide bonds. The van der Waals surface area contributed by atoms with Gasteiger partial charge in [0.05, 0.1) is 31.0 Å². The van der Waals surface area contributed by atoms with Crippen LogP contribution in [0.1, 0.15) is 61.3 Å². The van der Waals surface area contributed by atoms with E-state index in [-0.39, 0.29) is 30.6 Å². The molecule has 3 aliphatic heterocycles. The van der Waals surface area contributed by atoms with Crippen molar-refractivity contribution in [3.8, 4) is 0 Å². The van der Waals surface area contributed by atoms with E-state index in [9.17, 15) is 30.0 Å². The van der Waals surface area contributed by atoms with Gasteiger partial charge in [0.25, 0.3) is 0 Å². The third-order valence-electron chi connectivity index (χ3n) is 9.98. The van der Waals surface area contributed by atoms with E-state index in [1.165, 1.54) is 33.3 Å². The van der Waals surface area contributed by atoms with Crippen molar-refractivity contribution in [1.29, 1.82) is 0 Å². The zero-order chi connectivity index (χ0) is 36.6. The van der Waals surface area contributed by atoms with Gasteiger partial charge >= 0.3 is 5.97 Å². The van der Waals surface area contributed by atoms with Crippen molar-refractivity contribution in [2.45, 2.75) is 134 Å². The Morgan fingerprint density at radius 1 is 0.898 bits per heavy atom. The van der Waals surface area contributed by atoms with Crippen molar-refractivity contribution >= 4 is 11.8 Å². The number of hydrogen-bond donors (Lipinski definition) is 4. The van der Waals surface area contributed by atoms with Crippen LogP contribution in [-0.4, -0.2) is 126 Å². The molecule has 0 aliphatic carbocycles. The Morgan fingerprint density at radius 2 is 1.57 bits per heavy atom. The quantitative estimate of drug-likeness (QED) is 0.272. The average Bonchev–Trinajstić information content (AvgIpc) is 3.04. The number of aliphatic hydroxyl groups excluding tert-OH is 3. The van der Waals surface area contributed by atoms with Gasteiger partial charge < -0.3 is 53.6 Å². The fraction of sp³-hybridized carbons (Fsp3) is 0.778. The van der Waals surface area contributed by atoms with Gasteiger partial charge in [-0.05, 0) is 46.1 Å². The lowest BCUT2D eigenvalue weighted by Crippen LogP contribution is -2.63. The van der Waals surface area contributed by atoms with Crippen LogP contribution in [0.15, 0.2) is 36.5 Å². The number of cyclic esters (lactones) is 1. The summed E-state index contributed by atoms with van der Waals surface area (Å²) in [4.78, 5) is 26.2. The van der Waals surface area contributed by atoms with Crippen LogP contribution in [0.4, 0.5) is 0 Å². The predicted octanol–water partition coefficient (Wildman–Crippen LogP) is 2.23. The van der Waals surface area contributed by atoms with Crippen LogP contribution in [0, 0.1) is 23.7 Å². The lowest BCUT2D eigenvalue weighted by molar-refractivity contribution is -0.322. The third kappa shape index (κ3) is 10.5. The van der Waals surface area contributed by atoms with E-state index in [0.717, 1.165) is 0 Å². The Balaban J connectivity index is 1.83. The highest BCUT2D eigenvalue weighted by Gasteiger charge is 2.52. The molecule has 0 aromatic rings. The molecule has 3 heterocycles. The van der Waals surface area contributed by atoms with E-state index in [1.54, 1.807) is 45.1 Å². The number of ether oxygens (including phenoxy) is 7. The van der Waals surface area contributed by atoms with E-state index < -0.39 is 90.9 Å². The van der Waals surface area contributed by atoms with Crippen LogP contribution in [0.3, 0.4) is 0 Å². The number of carbonyl (C=O) groups is 2. The SMILES string of the molecule is COC1C(OCC2/C=C/C=C/C(=O)C(C)CC(C)C(OC3OC(C)CC(O)(C(C)O)C3O)C(C)/C=C/C(=O)OC2C)OC(C)C(O)C1OC. The molecular formula is C36H58O13. The molecule has 13 heteroatoms. The number of esters is 1. The van der Waals surface area contributed by atoms with Gasteiger partial charge in [0.15, 0.2) is 18.4 Å². The molecule has 0 radical (unpaired) electrons. The first kappa shape index (κ1) is 41.4. The van der Waals surface area contributed by atoms with Crippen LogP contribution >= 0.6 is 0 Å². The molecule has 2 saturated heterocycles. The third-order valence-corrected chi connectivity index (χ3v) is 9.98. The van der Waals surface area contributed by atoms with Crippen molar-refractivity contribution < 1.29 is 63.2 Å². The summed E-state index contributed by atoms with van der Waals surface area (Å²) in [5, 5.41) is 42.9. The highest BCUT2D eigenvalue weighted by atomic mass is 16.7. The molecule has 0 spiro atoms. The van der Waals surface area contributed by atoms with Gasteiger partial charge in [-0.3, -0.25) is 4.79 Å². The minimum absolute atomic E-state index is 0.0142. The van der Waals surface area contributed by atoms with Gasteiger partial charge in [-0.15, -0.1) is 0 Å². The Labute approximate surface area is 290 Å². The lowest BCUT2D eigenvalue weighted by atomic mass is 9.82. The Hall–Kier alpha value is -2.04. The predicted molar refractivity (Wildman–Crippen MR) is 178 cm³/mol. The molecular weight excluding hydrogens is 640 g/mol. The largest absolute Gasteiger partial charge is 0.459 e. The Bertz CT molecular complexity index is 1160. The lowest BCUT2D eigenvalue weighted by Gasteiger charge is -2.47. The van der Waals surface area contributed by atoms with Crippen molar-refractivity contribution in [2.75, 3.05) is 20.8 Å². The summed E-state index contributed by atoms with van der Waals surface area (Å²) < 4.78 is 41.0. The molecule has 280 valence electrons. The molecule has 0 saturated carbocycles. The van der Waals surface area contributed by atoms with E-state index in [1.807, 2.05) is 20.8 Å². The van der Waals surface area contributed by atoms with Gasteiger partial charge in [0.1, 0.15) is 36.1 Å². The summed E-state index contributed by atoms with van der Waals surface area (Å²) in [5.74, 6) is -2.21. The highest BCUT2D eigenvalue weighted by Crippen LogP contribution is 2.36. The minimum atomic E-state index is -1.84. The molecule has 2 fully saturated rings. The molecule has 3 aliphatic rings. The number of aliphatic hydroxyl groups is 4. The number of allylic oxidation sites excluding steroid dienone is 3. The van der Waals surface area contributed by atoms with Gasteiger partial charge in [-0.25, -0.2) is 4.79 Å². The maximum atomic E-state index is 13.1. The normalized spacial score (nSPS) is 45.7. The van der Waals surface area contributed by atoms with E-state index >= 15 is 0 Å². The molecule has 0 bridgehead atoms. The summed E-state index contributed by atoms with van der Waals surface area (Å²) >= 11 is 0. The summed E-state index contributed by atoms with van der Waals surface area (Å²) in [6, 6.07) is 0. The van der Waals surface area contributed by atoms with Gasteiger partial charge in [0.2, 0.25) is 0 Å². The number of rotatable bonds is 8. The zero-order valence-electron chi connectivity index (χ0n) is 30.2. The second-order valence-corrected chi connectivity index (χ2v) is 14.0. The molecule has 49 heavy (non-hydrogen) atoms. The Kier molecular flexibility index (Phi) is 15.6. The first-order chi connectivity index (χ1) is 23.0. The number of carbonyl (C=O) groups excluding carboxylic acids is 2. The average molecular weight is 699 g/mol. The van der Waals surface area contributed by atoms with E-state index in [2.05, 4.69) is 0 Å². The molecule has 13 nitrogen and oxygen atoms in total. The van der Waals surface area contributed by atoms with Crippen LogP contribution in [0.25, 0.3) is 0 Å². The molecule has 0 aromatic heterocycles. The topological polar surface area (TPSA) is 180 Å². The first-order valence-corrected chi connectivity index (χ1v) is 17.2. The second-order valence-electron chi connectivity index (χ2n) is 14.0. The number of hydrogen-bond acceptors (Lipinski definition) is 13. The number of ketones is 1. The summed E-state index contributed by atoms with van der Waals surface area (Å²) in [5.41, 5.74) is -1.84. The standard InChI is InChI=1S/C36H58O13/c1-19-14-15-28(39)47-23(5)26(18-45-34-32(44-9)31(43-8)29(40)24(6)48-34)12-10-11-13-27(38)20(2)16-21(3)30(19)49-35-33(41)36(42,25(7)37)17-22(4)46-35/h10-15,19-26,29-35,37,40-42H,16-18H2,1-9H3/b12-10+,13-11+,15-14+. The van der Waals surface area contributed by atoms with E-state index in [0.29, 0.717) is 6.42 Å². The first-order valence-electron chi connectivity index (χ1n) is 17.2. The second kappa shape index (κ2) is 18.5. The fourth-order valence-corrected chi connectivity index (χ4v) is 6.80. The van der Waals surface area contributed by atoms with Gasteiger partial charge in [-0.1, -0.05) is 45.1 Å². The number of methoxy groups -OCH3 is 2. The highest BCUT2D eigenvalue weighted by molar-refractivity contribution is 5.91. The van der Waals surface area contributed by atoms with Gasteiger partial charge in [0, 0.05) is 44.5 Å². The summed E-state index contributed by atoms with van der Waals surface area (Å²) in [6.07, 6.45) is 0.362. The van der Waals surface area contributed by atoms with Crippen LogP contribution in [-0.2, 0) is 42.7 Å². The van der Waals surface area contributed by atoms with E-state index in [4.69, 9.17) is 33.2 Å². The molecule has 3 rings (SSSR count). The maximum Gasteiger partial charge on any atom is 0.330 e. The monoisotopic (exact) mass is 698 g/mol. The minimum Gasteiger partial charge on any atom is -0.459 e. The van der Waals surface area contributed by atoms with Crippen molar-refractivity contribution in [3.63, 3.8) is 0 Å².